The van der Waals surface area contributed by atoms with Gasteiger partial charge in [-0.3, -0.25) is 4.79 Å². The Labute approximate surface area is 114 Å². The maximum absolute atomic E-state index is 12.2. The van der Waals surface area contributed by atoms with Gasteiger partial charge in [-0.15, -0.1) is 0 Å². The van der Waals surface area contributed by atoms with Crippen molar-refractivity contribution in [1.82, 2.24) is 0 Å². The Morgan fingerprint density at radius 1 is 1.26 bits per heavy atom. The second-order valence-corrected chi connectivity index (χ2v) is 5.89. The largest absolute Gasteiger partial charge is 0.381 e. The fourth-order valence-electron chi connectivity index (χ4n) is 3.20. The van der Waals surface area contributed by atoms with E-state index in [-0.39, 0.29) is 11.8 Å². The molecule has 102 valence electrons. The molecule has 0 spiro atoms. The first-order valence-corrected chi connectivity index (χ1v) is 7.43. The number of carbonyl (C=O) groups is 1. The third-order valence-corrected chi connectivity index (χ3v) is 4.37. The Kier molecular flexibility index (Phi) is 3.45. The lowest BCUT2D eigenvalue weighted by Gasteiger charge is -2.26. The summed E-state index contributed by atoms with van der Waals surface area (Å²) in [6.07, 6.45) is 6.74. The average molecular weight is 258 g/mol. The van der Waals surface area contributed by atoms with Crippen LogP contribution in [0.15, 0.2) is 18.2 Å². The number of amides is 1. The Morgan fingerprint density at radius 2 is 2.05 bits per heavy atom. The molecule has 3 rings (SSSR count). The van der Waals surface area contributed by atoms with E-state index in [1.807, 2.05) is 12.1 Å². The van der Waals surface area contributed by atoms with Crippen LogP contribution in [0.1, 0.15) is 44.6 Å². The predicted molar refractivity (Wildman–Crippen MR) is 78.4 cm³/mol. The lowest BCUT2D eigenvalue weighted by molar-refractivity contribution is -0.119. The van der Waals surface area contributed by atoms with Gasteiger partial charge in [0.1, 0.15) is 0 Å². The third kappa shape index (κ3) is 2.60. The van der Waals surface area contributed by atoms with Crippen LogP contribution in [0.4, 0.5) is 11.4 Å². The topological polar surface area (TPSA) is 41.1 Å². The van der Waals surface area contributed by atoms with E-state index in [0.29, 0.717) is 6.04 Å². The second kappa shape index (κ2) is 5.24. The molecule has 3 heteroatoms. The van der Waals surface area contributed by atoms with Gasteiger partial charge < -0.3 is 10.6 Å². The van der Waals surface area contributed by atoms with Crippen LogP contribution < -0.4 is 10.6 Å². The maximum Gasteiger partial charge on any atom is 0.227 e. The predicted octanol–water partition coefficient (Wildman–Crippen LogP) is 3.56. The van der Waals surface area contributed by atoms with E-state index in [4.69, 9.17) is 0 Å². The SMILES string of the molecule is CC1CCc2cccc(NC(=O)C3CCCC3)c2N1. The van der Waals surface area contributed by atoms with Gasteiger partial charge in [-0.2, -0.15) is 0 Å². The van der Waals surface area contributed by atoms with Gasteiger partial charge in [0.15, 0.2) is 0 Å². The molecule has 1 aromatic rings. The third-order valence-electron chi connectivity index (χ3n) is 4.37. The molecule has 1 atom stereocenters. The van der Waals surface area contributed by atoms with Gasteiger partial charge >= 0.3 is 0 Å². The lowest BCUT2D eigenvalue weighted by Crippen LogP contribution is -2.25. The summed E-state index contributed by atoms with van der Waals surface area (Å²) in [5.41, 5.74) is 3.41. The lowest BCUT2D eigenvalue weighted by atomic mass is 9.97. The zero-order valence-corrected chi connectivity index (χ0v) is 11.5. The highest BCUT2D eigenvalue weighted by Crippen LogP contribution is 2.33. The summed E-state index contributed by atoms with van der Waals surface area (Å²) >= 11 is 0. The molecule has 1 saturated carbocycles. The Bertz CT molecular complexity index is 478. The summed E-state index contributed by atoms with van der Waals surface area (Å²) < 4.78 is 0. The average Bonchev–Trinajstić information content (AvgIpc) is 2.93. The van der Waals surface area contributed by atoms with Crippen molar-refractivity contribution in [3.8, 4) is 0 Å². The number of aryl methyl sites for hydroxylation is 1. The molecule has 2 N–H and O–H groups in total. The van der Waals surface area contributed by atoms with Crippen LogP contribution in [0.25, 0.3) is 0 Å². The summed E-state index contributed by atoms with van der Waals surface area (Å²) in [5, 5.41) is 6.64. The molecule has 1 aliphatic heterocycles. The minimum atomic E-state index is 0.200. The van der Waals surface area contributed by atoms with Crippen molar-refractivity contribution in [2.24, 2.45) is 5.92 Å². The molecule has 0 radical (unpaired) electrons. The number of rotatable bonds is 2. The van der Waals surface area contributed by atoms with Gasteiger partial charge in [0.25, 0.3) is 0 Å². The Balaban J connectivity index is 1.79. The van der Waals surface area contributed by atoms with Crippen LogP contribution in [0.3, 0.4) is 0 Å². The van der Waals surface area contributed by atoms with E-state index in [2.05, 4.69) is 23.6 Å². The van der Waals surface area contributed by atoms with Gasteiger partial charge in [-0.25, -0.2) is 0 Å². The van der Waals surface area contributed by atoms with Crippen molar-refractivity contribution in [2.45, 2.75) is 51.5 Å². The molecule has 0 aromatic heterocycles. The molecule has 2 aliphatic rings. The summed E-state index contributed by atoms with van der Waals surface area (Å²) in [4.78, 5) is 12.2. The molecule has 0 bridgehead atoms. The highest BCUT2D eigenvalue weighted by Gasteiger charge is 2.24. The zero-order valence-electron chi connectivity index (χ0n) is 11.5. The van der Waals surface area contributed by atoms with E-state index in [1.54, 1.807) is 0 Å². The summed E-state index contributed by atoms with van der Waals surface area (Å²) in [6, 6.07) is 6.69. The van der Waals surface area contributed by atoms with Gasteiger partial charge in [-0.1, -0.05) is 25.0 Å². The zero-order chi connectivity index (χ0) is 13.2. The van der Waals surface area contributed by atoms with Crippen molar-refractivity contribution < 1.29 is 4.79 Å². The summed E-state index contributed by atoms with van der Waals surface area (Å²) in [7, 11) is 0. The number of carbonyl (C=O) groups excluding carboxylic acids is 1. The number of benzene rings is 1. The standard InChI is InChI=1S/C16H22N2O/c1-11-9-10-12-7-4-8-14(15(12)17-11)18-16(19)13-5-2-3-6-13/h4,7-8,11,13,17H,2-3,5-6,9-10H2,1H3,(H,18,19). The van der Waals surface area contributed by atoms with E-state index in [9.17, 15) is 4.79 Å². The van der Waals surface area contributed by atoms with E-state index < -0.39 is 0 Å². The van der Waals surface area contributed by atoms with Crippen LogP contribution in [0.5, 0.6) is 0 Å². The summed E-state index contributed by atoms with van der Waals surface area (Å²) in [6.45, 7) is 2.19. The van der Waals surface area contributed by atoms with E-state index in [0.717, 1.165) is 37.1 Å². The minimum Gasteiger partial charge on any atom is -0.381 e. The normalized spacial score (nSPS) is 22.7. The number of anilines is 2. The number of nitrogens with one attached hydrogen (secondary N) is 2. The second-order valence-electron chi connectivity index (χ2n) is 5.89. The number of para-hydroxylation sites is 1. The molecule has 3 nitrogen and oxygen atoms in total. The molecule has 1 aliphatic carbocycles. The quantitative estimate of drug-likeness (QED) is 0.851. The fraction of sp³-hybridized carbons (Fsp3) is 0.562. The first-order valence-electron chi connectivity index (χ1n) is 7.43. The van der Waals surface area contributed by atoms with Gasteiger partial charge in [0.2, 0.25) is 5.91 Å². The Hall–Kier alpha value is -1.51. The van der Waals surface area contributed by atoms with Crippen LogP contribution >= 0.6 is 0 Å². The van der Waals surface area contributed by atoms with Crippen LogP contribution in [-0.4, -0.2) is 11.9 Å². The molecule has 1 unspecified atom stereocenters. The van der Waals surface area contributed by atoms with Crippen LogP contribution in [0.2, 0.25) is 0 Å². The number of hydrogen-bond donors (Lipinski definition) is 2. The van der Waals surface area contributed by atoms with Crippen molar-refractivity contribution in [3.05, 3.63) is 23.8 Å². The van der Waals surface area contributed by atoms with Crippen molar-refractivity contribution in [3.63, 3.8) is 0 Å². The highest BCUT2D eigenvalue weighted by atomic mass is 16.1. The molecule has 1 amide bonds. The first-order chi connectivity index (χ1) is 9.24. The van der Waals surface area contributed by atoms with Crippen molar-refractivity contribution >= 4 is 17.3 Å². The van der Waals surface area contributed by atoms with Gasteiger partial charge in [0, 0.05) is 12.0 Å². The van der Waals surface area contributed by atoms with Crippen molar-refractivity contribution in [2.75, 3.05) is 10.6 Å². The smallest absolute Gasteiger partial charge is 0.227 e. The van der Waals surface area contributed by atoms with Crippen molar-refractivity contribution in [1.29, 1.82) is 0 Å². The minimum absolute atomic E-state index is 0.200. The van der Waals surface area contributed by atoms with Gasteiger partial charge in [-0.05, 0) is 44.2 Å². The molecule has 19 heavy (non-hydrogen) atoms. The van der Waals surface area contributed by atoms with Crippen LogP contribution in [0, 0.1) is 5.92 Å². The number of fused-ring (bicyclic) bond motifs is 1. The summed E-state index contributed by atoms with van der Waals surface area (Å²) in [5.74, 6) is 0.419. The molecule has 0 saturated heterocycles. The fourth-order valence-corrected chi connectivity index (χ4v) is 3.20. The first kappa shape index (κ1) is 12.5. The molecule has 1 aromatic carbocycles. The maximum atomic E-state index is 12.2. The van der Waals surface area contributed by atoms with Gasteiger partial charge in [0.05, 0.1) is 11.4 Å². The molecule has 1 heterocycles. The number of hydrogen-bond acceptors (Lipinski definition) is 2. The monoisotopic (exact) mass is 258 g/mol. The van der Waals surface area contributed by atoms with Crippen LogP contribution in [-0.2, 0) is 11.2 Å². The molecule has 1 fully saturated rings. The molecular formula is C16H22N2O. The van der Waals surface area contributed by atoms with E-state index in [1.165, 1.54) is 18.4 Å². The Morgan fingerprint density at radius 3 is 2.84 bits per heavy atom. The van der Waals surface area contributed by atoms with E-state index >= 15 is 0 Å². The molecular weight excluding hydrogens is 236 g/mol. The highest BCUT2D eigenvalue weighted by molar-refractivity contribution is 5.96.